The lowest BCUT2D eigenvalue weighted by Crippen LogP contribution is -2.47. The molecule has 2 heterocycles. The molecule has 0 radical (unpaired) electrons. The fourth-order valence-electron chi connectivity index (χ4n) is 4.06. The van der Waals surface area contributed by atoms with E-state index in [1.165, 1.54) is 5.56 Å². The molecule has 0 aromatic heterocycles. The van der Waals surface area contributed by atoms with Crippen LogP contribution >= 0.6 is 0 Å². The molecule has 1 amide bonds. The first kappa shape index (κ1) is 17.4. The molecule has 2 aliphatic heterocycles. The summed E-state index contributed by atoms with van der Waals surface area (Å²) in [5.74, 6) is 1.32. The zero-order valence-electron chi connectivity index (χ0n) is 14.9. The molecule has 1 aromatic rings. The van der Waals surface area contributed by atoms with Gasteiger partial charge in [-0.1, -0.05) is 30.3 Å². The number of hydrogen-bond acceptors (Lipinski definition) is 3. The Balaban J connectivity index is 1.40. The number of carbonyl (C=O) groups excluding carboxylic acids is 1. The second-order valence-corrected chi connectivity index (χ2v) is 7.49. The third-order valence-corrected chi connectivity index (χ3v) is 5.44. The second kappa shape index (κ2) is 8.63. The quantitative estimate of drug-likeness (QED) is 0.901. The minimum Gasteiger partial charge on any atom is -0.342 e. The van der Waals surface area contributed by atoms with E-state index in [0.717, 1.165) is 65.0 Å². The SMILES string of the molecule is CN(Cc1ccccc1)CC1CCN(C(=O)C2CCCNC2)CC1. The fourth-order valence-corrected chi connectivity index (χ4v) is 4.06. The van der Waals surface area contributed by atoms with Crippen molar-refractivity contribution in [2.45, 2.75) is 32.2 Å². The van der Waals surface area contributed by atoms with Crippen molar-refractivity contribution < 1.29 is 4.79 Å². The summed E-state index contributed by atoms with van der Waals surface area (Å²) in [4.78, 5) is 17.1. The topological polar surface area (TPSA) is 35.6 Å². The van der Waals surface area contributed by atoms with Gasteiger partial charge in [0.2, 0.25) is 5.91 Å². The monoisotopic (exact) mass is 329 g/mol. The molecule has 1 unspecified atom stereocenters. The number of amides is 1. The molecule has 132 valence electrons. The minimum absolute atomic E-state index is 0.219. The summed E-state index contributed by atoms with van der Waals surface area (Å²) in [6.07, 6.45) is 4.48. The average Bonchev–Trinajstić information content (AvgIpc) is 2.63. The van der Waals surface area contributed by atoms with Crippen LogP contribution < -0.4 is 5.32 Å². The van der Waals surface area contributed by atoms with E-state index in [0.29, 0.717) is 11.8 Å². The van der Waals surface area contributed by atoms with E-state index in [4.69, 9.17) is 0 Å². The van der Waals surface area contributed by atoms with E-state index in [-0.39, 0.29) is 5.92 Å². The van der Waals surface area contributed by atoms with Crippen LogP contribution in [0.3, 0.4) is 0 Å². The molecule has 4 nitrogen and oxygen atoms in total. The highest BCUT2D eigenvalue weighted by Gasteiger charge is 2.29. The maximum absolute atomic E-state index is 12.6. The maximum Gasteiger partial charge on any atom is 0.226 e. The highest BCUT2D eigenvalue weighted by Crippen LogP contribution is 2.22. The lowest BCUT2D eigenvalue weighted by Gasteiger charge is -2.36. The first-order valence-corrected chi connectivity index (χ1v) is 9.44. The average molecular weight is 329 g/mol. The van der Waals surface area contributed by atoms with E-state index >= 15 is 0 Å². The van der Waals surface area contributed by atoms with Gasteiger partial charge in [0.25, 0.3) is 0 Å². The Hall–Kier alpha value is -1.39. The van der Waals surface area contributed by atoms with Crippen LogP contribution in [-0.2, 0) is 11.3 Å². The molecular weight excluding hydrogens is 298 g/mol. The number of likely N-dealkylation sites (tertiary alicyclic amines) is 1. The Labute approximate surface area is 146 Å². The fraction of sp³-hybridized carbons (Fsp3) is 0.650. The molecule has 24 heavy (non-hydrogen) atoms. The summed E-state index contributed by atoms with van der Waals surface area (Å²) < 4.78 is 0. The van der Waals surface area contributed by atoms with Crippen molar-refractivity contribution in [2.24, 2.45) is 11.8 Å². The number of hydrogen-bond donors (Lipinski definition) is 1. The predicted octanol–water partition coefficient (Wildman–Crippen LogP) is 2.36. The van der Waals surface area contributed by atoms with E-state index in [9.17, 15) is 4.79 Å². The zero-order valence-corrected chi connectivity index (χ0v) is 14.9. The molecule has 1 aromatic carbocycles. The van der Waals surface area contributed by atoms with Gasteiger partial charge in [0.05, 0.1) is 5.92 Å². The molecule has 4 heteroatoms. The van der Waals surface area contributed by atoms with Gasteiger partial charge in [0.1, 0.15) is 0 Å². The number of carbonyl (C=O) groups is 1. The van der Waals surface area contributed by atoms with E-state index in [1.807, 2.05) is 0 Å². The van der Waals surface area contributed by atoms with Gasteiger partial charge in [-0.25, -0.2) is 0 Å². The Bertz CT molecular complexity index is 505. The van der Waals surface area contributed by atoms with Crippen molar-refractivity contribution >= 4 is 5.91 Å². The van der Waals surface area contributed by atoms with Crippen molar-refractivity contribution in [1.82, 2.24) is 15.1 Å². The van der Waals surface area contributed by atoms with Crippen molar-refractivity contribution in [3.63, 3.8) is 0 Å². The van der Waals surface area contributed by atoms with Crippen LogP contribution in [0.5, 0.6) is 0 Å². The summed E-state index contributed by atoms with van der Waals surface area (Å²) in [5, 5.41) is 3.36. The van der Waals surface area contributed by atoms with Gasteiger partial charge in [-0.15, -0.1) is 0 Å². The standard InChI is InChI=1S/C20H31N3O/c1-22(15-17-6-3-2-4-7-17)16-18-9-12-23(13-10-18)20(24)19-8-5-11-21-14-19/h2-4,6-7,18-19,21H,5,8-16H2,1H3. The summed E-state index contributed by atoms with van der Waals surface area (Å²) in [6, 6.07) is 10.7. The first-order chi connectivity index (χ1) is 11.7. The largest absolute Gasteiger partial charge is 0.342 e. The second-order valence-electron chi connectivity index (χ2n) is 7.49. The van der Waals surface area contributed by atoms with Gasteiger partial charge < -0.3 is 15.1 Å². The first-order valence-electron chi connectivity index (χ1n) is 9.44. The van der Waals surface area contributed by atoms with Gasteiger partial charge >= 0.3 is 0 Å². The summed E-state index contributed by atoms with van der Waals surface area (Å²) in [7, 11) is 2.21. The Morgan fingerprint density at radius 3 is 2.62 bits per heavy atom. The van der Waals surface area contributed by atoms with Gasteiger partial charge in [0, 0.05) is 32.7 Å². The van der Waals surface area contributed by atoms with Crippen LogP contribution in [0.25, 0.3) is 0 Å². The molecule has 0 saturated carbocycles. The number of benzene rings is 1. The Morgan fingerprint density at radius 1 is 1.21 bits per heavy atom. The Morgan fingerprint density at radius 2 is 1.96 bits per heavy atom. The van der Waals surface area contributed by atoms with Crippen LogP contribution in [0.4, 0.5) is 0 Å². The maximum atomic E-state index is 12.6. The van der Waals surface area contributed by atoms with Crippen LogP contribution in [0, 0.1) is 11.8 Å². The third-order valence-electron chi connectivity index (χ3n) is 5.44. The molecular formula is C20H31N3O. The van der Waals surface area contributed by atoms with Crippen molar-refractivity contribution in [3.8, 4) is 0 Å². The molecule has 2 aliphatic rings. The van der Waals surface area contributed by atoms with Gasteiger partial charge in [0.15, 0.2) is 0 Å². The van der Waals surface area contributed by atoms with Crippen LogP contribution in [0.1, 0.15) is 31.2 Å². The van der Waals surface area contributed by atoms with E-state index in [2.05, 4.69) is 52.5 Å². The van der Waals surface area contributed by atoms with Crippen molar-refractivity contribution in [2.75, 3.05) is 39.8 Å². The normalized spacial score (nSPS) is 22.8. The number of nitrogens with one attached hydrogen (secondary N) is 1. The molecule has 0 bridgehead atoms. The molecule has 1 atom stereocenters. The number of nitrogens with zero attached hydrogens (tertiary/aromatic N) is 2. The van der Waals surface area contributed by atoms with Crippen molar-refractivity contribution in [1.29, 1.82) is 0 Å². The van der Waals surface area contributed by atoms with Gasteiger partial charge in [-0.3, -0.25) is 4.79 Å². The number of piperidine rings is 2. The predicted molar refractivity (Wildman–Crippen MR) is 97.7 cm³/mol. The molecule has 2 saturated heterocycles. The zero-order chi connectivity index (χ0) is 16.8. The van der Waals surface area contributed by atoms with Crippen LogP contribution in [-0.4, -0.2) is 55.5 Å². The summed E-state index contributed by atoms with van der Waals surface area (Å²) in [6.45, 7) is 5.96. The molecule has 0 aliphatic carbocycles. The summed E-state index contributed by atoms with van der Waals surface area (Å²) in [5.41, 5.74) is 1.37. The molecule has 0 spiro atoms. The third kappa shape index (κ3) is 4.81. The van der Waals surface area contributed by atoms with Crippen LogP contribution in [0.2, 0.25) is 0 Å². The van der Waals surface area contributed by atoms with E-state index in [1.54, 1.807) is 0 Å². The molecule has 1 N–H and O–H groups in total. The smallest absolute Gasteiger partial charge is 0.226 e. The highest BCUT2D eigenvalue weighted by atomic mass is 16.2. The molecule has 3 rings (SSSR count). The van der Waals surface area contributed by atoms with Gasteiger partial charge in [-0.05, 0) is 50.8 Å². The van der Waals surface area contributed by atoms with Gasteiger partial charge in [-0.2, -0.15) is 0 Å². The summed E-state index contributed by atoms with van der Waals surface area (Å²) >= 11 is 0. The minimum atomic E-state index is 0.219. The number of rotatable bonds is 5. The highest BCUT2D eigenvalue weighted by molar-refractivity contribution is 5.79. The van der Waals surface area contributed by atoms with Crippen molar-refractivity contribution in [3.05, 3.63) is 35.9 Å². The van der Waals surface area contributed by atoms with Crippen LogP contribution in [0.15, 0.2) is 30.3 Å². The van der Waals surface area contributed by atoms with E-state index < -0.39 is 0 Å². The molecule has 2 fully saturated rings. The lowest BCUT2D eigenvalue weighted by molar-refractivity contribution is -0.137. The lowest BCUT2D eigenvalue weighted by atomic mass is 9.93. The Kier molecular flexibility index (Phi) is 6.27.